The molecule has 5 heteroatoms. The molecule has 1 rings (SSSR count). The van der Waals surface area contributed by atoms with Gasteiger partial charge in [-0.25, -0.2) is 4.98 Å². The van der Waals surface area contributed by atoms with Gasteiger partial charge >= 0.3 is 0 Å². The third-order valence-electron chi connectivity index (χ3n) is 1.84. The molecule has 0 radical (unpaired) electrons. The second kappa shape index (κ2) is 6.90. The molecule has 0 aromatic carbocycles. The van der Waals surface area contributed by atoms with Gasteiger partial charge in [0, 0.05) is 19.0 Å². The molecule has 1 heterocycles. The van der Waals surface area contributed by atoms with E-state index in [-0.39, 0.29) is 6.10 Å². The van der Waals surface area contributed by atoms with E-state index in [1.54, 1.807) is 18.4 Å². The van der Waals surface area contributed by atoms with Gasteiger partial charge in [0.1, 0.15) is 5.01 Å². The summed E-state index contributed by atoms with van der Waals surface area (Å²) < 4.78 is 10.5. The molecule has 4 nitrogen and oxygen atoms in total. The predicted octanol–water partition coefficient (Wildman–Crippen LogP) is 1.41. The van der Waals surface area contributed by atoms with E-state index in [0.717, 1.165) is 17.2 Å². The van der Waals surface area contributed by atoms with Gasteiger partial charge in [0.15, 0.2) is 0 Å². The van der Waals surface area contributed by atoms with E-state index in [1.165, 1.54) is 0 Å². The minimum atomic E-state index is 0.115. The number of hydrogen-bond acceptors (Lipinski definition) is 5. The summed E-state index contributed by atoms with van der Waals surface area (Å²) in [7, 11) is 3.59. The number of methoxy groups -OCH3 is 1. The number of rotatable bonds is 7. The van der Waals surface area contributed by atoms with Gasteiger partial charge in [-0.2, -0.15) is 0 Å². The largest absolute Gasteiger partial charge is 0.382 e. The zero-order chi connectivity index (χ0) is 11.1. The Kier molecular flexibility index (Phi) is 5.78. The van der Waals surface area contributed by atoms with Crippen molar-refractivity contribution in [2.45, 2.75) is 26.2 Å². The molecule has 1 aromatic heterocycles. The SMILES string of the molecule is CNCc1nc(COC(C)COC)cs1. The van der Waals surface area contributed by atoms with Crippen molar-refractivity contribution >= 4 is 11.3 Å². The van der Waals surface area contributed by atoms with Crippen molar-refractivity contribution in [1.82, 2.24) is 10.3 Å². The van der Waals surface area contributed by atoms with Crippen molar-refractivity contribution in [3.8, 4) is 0 Å². The number of aromatic nitrogens is 1. The van der Waals surface area contributed by atoms with Gasteiger partial charge in [0.2, 0.25) is 0 Å². The maximum atomic E-state index is 5.56. The third kappa shape index (κ3) is 4.70. The van der Waals surface area contributed by atoms with Crippen molar-refractivity contribution < 1.29 is 9.47 Å². The Morgan fingerprint density at radius 3 is 3.07 bits per heavy atom. The summed E-state index contributed by atoms with van der Waals surface area (Å²) in [6, 6.07) is 0. The molecule has 0 amide bonds. The van der Waals surface area contributed by atoms with Gasteiger partial charge in [-0.3, -0.25) is 0 Å². The van der Waals surface area contributed by atoms with Crippen molar-refractivity contribution in [3.05, 3.63) is 16.1 Å². The molecule has 0 saturated heterocycles. The zero-order valence-corrected chi connectivity index (χ0v) is 10.3. The number of nitrogens with one attached hydrogen (secondary N) is 1. The van der Waals surface area contributed by atoms with Crippen molar-refractivity contribution in [2.24, 2.45) is 0 Å². The van der Waals surface area contributed by atoms with E-state index in [4.69, 9.17) is 9.47 Å². The second-order valence-corrected chi connectivity index (χ2v) is 4.28. The summed E-state index contributed by atoms with van der Waals surface area (Å²) in [5, 5.41) is 6.20. The van der Waals surface area contributed by atoms with Crippen LogP contribution in [0.2, 0.25) is 0 Å². The fourth-order valence-electron chi connectivity index (χ4n) is 1.16. The van der Waals surface area contributed by atoms with Crippen LogP contribution in [0.3, 0.4) is 0 Å². The zero-order valence-electron chi connectivity index (χ0n) is 9.45. The first kappa shape index (κ1) is 12.6. The Balaban J connectivity index is 2.30. The first-order chi connectivity index (χ1) is 7.26. The van der Waals surface area contributed by atoms with E-state index in [2.05, 4.69) is 10.3 Å². The van der Waals surface area contributed by atoms with Crippen LogP contribution in [0.15, 0.2) is 5.38 Å². The first-order valence-electron chi connectivity index (χ1n) is 4.94. The summed E-state index contributed by atoms with van der Waals surface area (Å²) in [6.07, 6.45) is 0.115. The minimum Gasteiger partial charge on any atom is -0.382 e. The number of ether oxygens (including phenoxy) is 2. The molecule has 0 aliphatic heterocycles. The van der Waals surface area contributed by atoms with Gasteiger partial charge in [0.25, 0.3) is 0 Å². The van der Waals surface area contributed by atoms with E-state index in [9.17, 15) is 0 Å². The van der Waals surface area contributed by atoms with Crippen molar-refractivity contribution in [2.75, 3.05) is 20.8 Å². The second-order valence-electron chi connectivity index (χ2n) is 3.34. The first-order valence-corrected chi connectivity index (χ1v) is 5.82. The molecule has 0 aliphatic rings. The van der Waals surface area contributed by atoms with Gasteiger partial charge in [-0.05, 0) is 14.0 Å². The van der Waals surface area contributed by atoms with Crippen LogP contribution in [0.5, 0.6) is 0 Å². The quantitative estimate of drug-likeness (QED) is 0.769. The Morgan fingerprint density at radius 2 is 2.40 bits per heavy atom. The van der Waals surface area contributed by atoms with Crippen LogP contribution in [-0.4, -0.2) is 31.9 Å². The summed E-state index contributed by atoms with van der Waals surface area (Å²) >= 11 is 1.65. The summed E-state index contributed by atoms with van der Waals surface area (Å²) in [6.45, 7) is 3.99. The number of thiazole rings is 1. The maximum absolute atomic E-state index is 5.56. The molecule has 1 atom stereocenters. The highest BCUT2D eigenvalue weighted by Crippen LogP contribution is 2.11. The van der Waals surface area contributed by atoms with E-state index < -0.39 is 0 Å². The fourth-order valence-corrected chi connectivity index (χ4v) is 1.95. The van der Waals surface area contributed by atoms with Crippen LogP contribution >= 0.6 is 11.3 Å². The smallest absolute Gasteiger partial charge is 0.107 e. The van der Waals surface area contributed by atoms with E-state index in [0.29, 0.717) is 13.2 Å². The summed E-state index contributed by atoms with van der Waals surface area (Å²) in [5.74, 6) is 0. The molecule has 0 bridgehead atoms. The minimum absolute atomic E-state index is 0.115. The number of nitrogens with zero attached hydrogens (tertiary/aromatic N) is 1. The average Bonchev–Trinajstić information content (AvgIpc) is 2.64. The Hall–Kier alpha value is -0.490. The van der Waals surface area contributed by atoms with Crippen LogP contribution in [-0.2, 0) is 22.6 Å². The summed E-state index contributed by atoms with van der Waals surface area (Å²) in [4.78, 5) is 4.42. The van der Waals surface area contributed by atoms with Crippen LogP contribution in [0.4, 0.5) is 0 Å². The van der Waals surface area contributed by atoms with E-state index >= 15 is 0 Å². The van der Waals surface area contributed by atoms with Crippen LogP contribution in [0.1, 0.15) is 17.6 Å². The summed E-state index contributed by atoms with van der Waals surface area (Å²) in [5.41, 5.74) is 0.994. The van der Waals surface area contributed by atoms with Crippen LogP contribution < -0.4 is 5.32 Å². The normalized spacial score (nSPS) is 13.0. The predicted molar refractivity (Wildman–Crippen MR) is 61.0 cm³/mol. The highest BCUT2D eigenvalue weighted by molar-refractivity contribution is 7.09. The highest BCUT2D eigenvalue weighted by Gasteiger charge is 2.05. The molecule has 0 aliphatic carbocycles. The lowest BCUT2D eigenvalue weighted by molar-refractivity contribution is -0.00123. The maximum Gasteiger partial charge on any atom is 0.107 e. The molecule has 1 N–H and O–H groups in total. The molecule has 0 saturated carbocycles. The Morgan fingerprint density at radius 1 is 1.60 bits per heavy atom. The molecule has 86 valence electrons. The van der Waals surface area contributed by atoms with Gasteiger partial charge in [0.05, 0.1) is 25.0 Å². The Labute approximate surface area is 94.6 Å². The van der Waals surface area contributed by atoms with Crippen molar-refractivity contribution in [3.63, 3.8) is 0 Å². The fraction of sp³-hybridized carbons (Fsp3) is 0.700. The van der Waals surface area contributed by atoms with Gasteiger partial charge in [-0.15, -0.1) is 11.3 Å². The molecule has 1 unspecified atom stereocenters. The lowest BCUT2D eigenvalue weighted by Gasteiger charge is -2.10. The molecule has 0 fully saturated rings. The van der Waals surface area contributed by atoms with Crippen molar-refractivity contribution in [1.29, 1.82) is 0 Å². The van der Waals surface area contributed by atoms with Gasteiger partial charge in [-0.1, -0.05) is 0 Å². The van der Waals surface area contributed by atoms with E-state index in [1.807, 2.05) is 19.4 Å². The molecular weight excluding hydrogens is 212 g/mol. The average molecular weight is 230 g/mol. The lowest BCUT2D eigenvalue weighted by atomic mass is 10.4. The third-order valence-corrected chi connectivity index (χ3v) is 2.74. The highest BCUT2D eigenvalue weighted by atomic mass is 32.1. The van der Waals surface area contributed by atoms with Crippen LogP contribution in [0.25, 0.3) is 0 Å². The molecule has 15 heavy (non-hydrogen) atoms. The number of hydrogen-bond donors (Lipinski definition) is 1. The van der Waals surface area contributed by atoms with Gasteiger partial charge < -0.3 is 14.8 Å². The lowest BCUT2D eigenvalue weighted by Crippen LogP contribution is -2.14. The standard InChI is InChI=1S/C10H18N2O2S/c1-8(5-13-3)14-6-9-7-15-10(12-9)4-11-2/h7-8,11H,4-6H2,1-3H3. The Bertz CT molecular complexity index is 278. The molecule has 1 aromatic rings. The molecule has 0 spiro atoms. The topological polar surface area (TPSA) is 43.4 Å². The monoisotopic (exact) mass is 230 g/mol. The van der Waals surface area contributed by atoms with Crippen LogP contribution in [0, 0.1) is 0 Å². The molecular formula is C10H18N2O2S.